The zero-order valence-corrected chi connectivity index (χ0v) is 11.6. The molecule has 0 fully saturated rings. The molecule has 0 saturated heterocycles. The minimum absolute atomic E-state index is 0.352. The Morgan fingerprint density at radius 3 is 2.85 bits per heavy atom. The van der Waals surface area contributed by atoms with Crippen LogP contribution in [0, 0.1) is 24.0 Å². The molecule has 0 aliphatic rings. The van der Waals surface area contributed by atoms with Gasteiger partial charge in [0.15, 0.2) is 5.75 Å². The third-order valence-electron chi connectivity index (χ3n) is 2.60. The summed E-state index contributed by atoms with van der Waals surface area (Å²) in [6, 6.07) is 4.04. The fourth-order valence-corrected chi connectivity index (χ4v) is 2.21. The van der Waals surface area contributed by atoms with Gasteiger partial charge in [0.2, 0.25) is 5.13 Å². The summed E-state index contributed by atoms with van der Waals surface area (Å²) in [6.07, 6.45) is 1.43. The van der Waals surface area contributed by atoms with Crippen molar-refractivity contribution in [1.29, 1.82) is 0 Å². The number of aryl methyl sites for hydroxylation is 2. The number of hydrogen-bond acceptors (Lipinski definition) is 7. The summed E-state index contributed by atoms with van der Waals surface area (Å²) in [6.45, 7) is 3.87. The molecule has 0 atom stereocenters. The van der Waals surface area contributed by atoms with Crippen molar-refractivity contribution >= 4 is 28.4 Å². The summed E-state index contributed by atoms with van der Waals surface area (Å²) in [5.74, 6) is -0.369. The van der Waals surface area contributed by atoms with Crippen molar-refractivity contribution in [2.24, 2.45) is 5.10 Å². The Bertz CT molecular complexity index is 662. The molecule has 1 aromatic heterocycles. The maximum atomic E-state index is 10.7. The molecule has 2 rings (SSSR count). The number of benzene rings is 1. The standard InChI is InChI=1S/C12H12N4O3S/c1-7-8(2)20-12(14-7)15-13-6-9-3-4-11(17)10(5-9)16(18)19/h3-6,17H,1-2H3,(H,14,15)/b13-6+. The molecule has 0 bridgehead atoms. The molecule has 104 valence electrons. The van der Waals surface area contributed by atoms with Crippen LogP contribution in [0.4, 0.5) is 10.8 Å². The number of hydrazone groups is 1. The zero-order chi connectivity index (χ0) is 14.7. The van der Waals surface area contributed by atoms with Crippen LogP contribution in [-0.4, -0.2) is 21.2 Å². The fraction of sp³-hybridized carbons (Fsp3) is 0.167. The van der Waals surface area contributed by atoms with Gasteiger partial charge in [-0.15, -0.1) is 11.3 Å². The highest BCUT2D eigenvalue weighted by Crippen LogP contribution is 2.25. The summed E-state index contributed by atoms with van der Waals surface area (Å²) in [7, 11) is 0. The molecule has 7 nitrogen and oxygen atoms in total. The van der Waals surface area contributed by atoms with Gasteiger partial charge in [0.25, 0.3) is 0 Å². The highest BCUT2D eigenvalue weighted by Gasteiger charge is 2.12. The van der Waals surface area contributed by atoms with Crippen LogP contribution in [0.5, 0.6) is 5.75 Å². The molecule has 1 aromatic carbocycles. The number of phenolic OH excluding ortho intramolecular Hbond substituents is 1. The number of nitrogens with zero attached hydrogens (tertiary/aromatic N) is 3. The second-order valence-corrected chi connectivity index (χ2v) is 5.24. The Labute approximate surface area is 118 Å². The van der Waals surface area contributed by atoms with E-state index in [4.69, 9.17) is 0 Å². The average Bonchev–Trinajstić information content (AvgIpc) is 2.70. The number of aromatic nitrogens is 1. The predicted octanol–water partition coefficient (Wildman–Crippen LogP) is 2.82. The van der Waals surface area contributed by atoms with Crippen LogP contribution < -0.4 is 5.43 Å². The van der Waals surface area contributed by atoms with Crippen molar-refractivity contribution in [3.8, 4) is 5.75 Å². The van der Waals surface area contributed by atoms with Gasteiger partial charge in [0.1, 0.15) is 0 Å². The molecule has 0 saturated carbocycles. The summed E-state index contributed by atoms with van der Waals surface area (Å²) < 4.78 is 0. The van der Waals surface area contributed by atoms with Crippen LogP contribution in [0.1, 0.15) is 16.1 Å². The van der Waals surface area contributed by atoms with E-state index < -0.39 is 4.92 Å². The Balaban J connectivity index is 2.11. The first-order valence-corrected chi connectivity index (χ1v) is 6.49. The maximum Gasteiger partial charge on any atom is 0.311 e. The van der Waals surface area contributed by atoms with Crippen molar-refractivity contribution in [3.63, 3.8) is 0 Å². The van der Waals surface area contributed by atoms with Crippen LogP contribution in [0.3, 0.4) is 0 Å². The monoisotopic (exact) mass is 292 g/mol. The normalized spacial score (nSPS) is 10.9. The molecule has 8 heteroatoms. The predicted molar refractivity (Wildman–Crippen MR) is 77.6 cm³/mol. The van der Waals surface area contributed by atoms with Crippen molar-refractivity contribution in [2.45, 2.75) is 13.8 Å². The van der Waals surface area contributed by atoms with Crippen LogP contribution in [0.15, 0.2) is 23.3 Å². The van der Waals surface area contributed by atoms with E-state index in [1.807, 2.05) is 13.8 Å². The van der Waals surface area contributed by atoms with E-state index in [9.17, 15) is 15.2 Å². The van der Waals surface area contributed by atoms with Gasteiger partial charge >= 0.3 is 5.69 Å². The SMILES string of the molecule is Cc1nc(N/N=C/c2ccc(O)c([N+](=O)[O-])c2)sc1C. The molecule has 0 spiro atoms. The number of nitro benzene ring substituents is 1. The minimum Gasteiger partial charge on any atom is -0.502 e. The molecule has 0 unspecified atom stereocenters. The Kier molecular flexibility index (Phi) is 3.94. The number of nitro groups is 1. The van der Waals surface area contributed by atoms with Gasteiger partial charge in [0.05, 0.1) is 16.8 Å². The van der Waals surface area contributed by atoms with Gasteiger partial charge in [0, 0.05) is 16.5 Å². The maximum absolute atomic E-state index is 10.7. The first kappa shape index (κ1) is 13.9. The molecule has 0 amide bonds. The summed E-state index contributed by atoms with van der Waals surface area (Å²) in [5.41, 5.74) is 3.86. The van der Waals surface area contributed by atoms with Crippen LogP contribution in [0.2, 0.25) is 0 Å². The van der Waals surface area contributed by atoms with Crippen LogP contribution >= 0.6 is 11.3 Å². The molecule has 0 radical (unpaired) electrons. The van der Waals surface area contributed by atoms with E-state index in [1.54, 1.807) is 0 Å². The quantitative estimate of drug-likeness (QED) is 0.512. The van der Waals surface area contributed by atoms with E-state index in [2.05, 4.69) is 15.5 Å². The van der Waals surface area contributed by atoms with E-state index >= 15 is 0 Å². The highest BCUT2D eigenvalue weighted by atomic mass is 32.1. The van der Waals surface area contributed by atoms with Gasteiger partial charge in [-0.3, -0.25) is 15.5 Å². The molecule has 2 N–H and O–H groups in total. The number of thiazole rings is 1. The summed E-state index contributed by atoms with van der Waals surface area (Å²) in [4.78, 5) is 15.4. The summed E-state index contributed by atoms with van der Waals surface area (Å²) in [5, 5.41) is 24.6. The number of nitrogens with one attached hydrogen (secondary N) is 1. The lowest BCUT2D eigenvalue weighted by Crippen LogP contribution is -1.93. The second-order valence-electron chi connectivity index (χ2n) is 4.04. The Hall–Kier alpha value is -2.48. The average molecular weight is 292 g/mol. The van der Waals surface area contributed by atoms with E-state index in [1.165, 1.54) is 35.8 Å². The van der Waals surface area contributed by atoms with Crippen LogP contribution in [0.25, 0.3) is 0 Å². The van der Waals surface area contributed by atoms with Crippen molar-refractivity contribution in [3.05, 3.63) is 44.4 Å². The van der Waals surface area contributed by atoms with Gasteiger partial charge in [-0.25, -0.2) is 4.98 Å². The largest absolute Gasteiger partial charge is 0.502 e. The molecule has 20 heavy (non-hydrogen) atoms. The van der Waals surface area contributed by atoms with E-state index in [-0.39, 0.29) is 11.4 Å². The molecular weight excluding hydrogens is 280 g/mol. The first-order valence-electron chi connectivity index (χ1n) is 5.68. The number of hydrogen-bond donors (Lipinski definition) is 2. The first-order chi connectivity index (χ1) is 9.47. The lowest BCUT2D eigenvalue weighted by Gasteiger charge is -1.97. The van der Waals surface area contributed by atoms with Gasteiger partial charge in [-0.1, -0.05) is 0 Å². The van der Waals surface area contributed by atoms with E-state index in [0.29, 0.717) is 10.7 Å². The third kappa shape index (κ3) is 3.09. The van der Waals surface area contributed by atoms with Gasteiger partial charge in [-0.05, 0) is 26.0 Å². The second kappa shape index (κ2) is 5.66. The zero-order valence-electron chi connectivity index (χ0n) is 10.8. The smallest absolute Gasteiger partial charge is 0.311 e. The molecule has 0 aliphatic heterocycles. The lowest BCUT2D eigenvalue weighted by atomic mass is 10.2. The van der Waals surface area contributed by atoms with Crippen molar-refractivity contribution in [1.82, 2.24) is 4.98 Å². The van der Waals surface area contributed by atoms with Crippen LogP contribution in [-0.2, 0) is 0 Å². The fourth-order valence-electron chi connectivity index (χ4n) is 1.45. The Morgan fingerprint density at radius 1 is 1.50 bits per heavy atom. The van der Waals surface area contributed by atoms with Crippen molar-refractivity contribution in [2.75, 3.05) is 5.43 Å². The Morgan fingerprint density at radius 2 is 2.25 bits per heavy atom. The van der Waals surface area contributed by atoms with Gasteiger partial charge in [-0.2, -0.15) is 5.10 Å². The number of aromatic hydroxyl groups is 1. The number of phenols is 1. The highest BCUT2D eigenvalue weighted by molar-refractivity contribution is 7.15. The number of anilines is 1. The van der Waals surface area contributed by atoms with E-state index in [0.717, 1.165) is 10.6 Å². The van der Waals surface area contributed by atoms with Crippen molar-refractivity contribution < 1.29 is 10.0 Å². The van der Waals surface area contributed by atoms with Gasteiger partial charge < -0.3 is 5.11 Å². The molecule has 2 aromatic rings. The summed E-state index contributed by atoms with van der Waals surface area (Å²) >= 11 is 1.48. The topological polar surface area (TPSA) is 101 Å². The third-order valence-corrected chi connectivity index (χ3v) is 3.58. The molecule has 0 aliphatic carbocycles. The molecule has 1 heterocycles. The molecular formula is C12H12N4O3S. The minimum atomic E-state index is -0.645. The number of rotatable bonds is 4. The lowest BCUT2D eigenvalue weighted by molar-refractivity contribution is -0.385.